The largest absolute Gasteiger partial charge is 0.497 e. The summed E-state index contributed by atoms with van der Waals surface area (Å²) in [6, 6.07) is 15.9. The summed E-state index contributed by atoms with van der Waals surface area (Å²) in [5.74, 6) is 2.87. The minimum absolute atomic E-state index is 0.517. The number of nitrogens with zero attached hydrogens (tertiary/aromatic N) is 2. The molecule has 0 amide bonds. The molecule has 5 nitrogen and oxygen atoms in total. The van der Waals surface area contributed by atoms with Crippen molar-refractivity contribution in [2.75, 3.05) is 31.7 Å². The van der Waals surface area contributed by atoms with E-state index in [4.69, 9.17) is 9.47 Å². The van der Waals surface area contributed by atoms with Crippen molar-refractivity contribution < 1.29 is 19.2 Å². The van der Waals surface area contributed by atoms with E-state index in [1.54, 1.807) is 7.11 Å². The molecule has 0 saturated carbocycles. The summed E-state index contributed by atoms with van der Waals surface area (Å²) in [7, 11) is 1.66. The van der Waals surface area contributed by atoms with Gasteiger partial charge in [0.05, 0.1) is 20.3 Å². The van der Waals surface area contributed by atoms with Crippen LogP contribution in [0.25, 0.3) is 0 Å². The van der Waals surface area contributed by atoms with E-state index in [2.05, 4.69) is 21.6 Å². The number of hydrogen-bond acceptors (Lipinski definition) is 4. The van der Waals surface area contributed by atoms with E-state index >= 15 is 0 Å². The molecule has 0 saturated heterocycles. The van der Waals surface area contributed by atoms with Crippen LogP contribution in [0.15, 0.2) is 48.5 Å². The molecule has 0 fully saturated rings. The fraction of sp³-hybridized carbons (Fsp3) is 0.409. The Kier molecular flexibility index (Phi) is 4.79. The smallest absolute Gasteiger partial charge is 0.271 e. The zero-order valence-electron chi connectivity index (χ0n) is 16.0. The number of β-amino-alcohol motifs (C(OH)–C–C–N with tert-alkyl or cyclic N) is 1. The highest BCUT2D eigenvalue weighted by Gasteiger charge is 2.52. The van der Waals surface area contributed by atoms with Crippen molar-refractivity contribution in [3.63, 3.8) is 0 Å². The predicted octanol–water partition coefficient (Wildman–Crippen LogP) is 3.35. The van der Waals surface area contributed by atoms with Gasteiger partial charge in [-0.3, -0.25) is 0 Å². The summed E-state index contributed by atoms with van der Waals surface area (Å²) in [6.45, 7) is 4.03. The second-order valence-electron chi connectivity index (χ2n) is 7.08. The maximum Gasteiger partial charge on any atom is 0.271 e. The van der Waals surface area contributed by atoms with Crippen LogP contribution in [0.4, 0.5) is 5.69 Å². The van der Waals surface area contributed by atoms with Crippen LogP contribution < -0.4 is 14.4 Å². The third-order valence-electron chi connectivity index (χ3n) is 5.49. The Morgan fingerprint density at radius 2 is 1.74 bits per heavy atom. The third-order valence-corrected chi connectivity index (χ3v) is 5.49. The van der Waals surface area contributed by atoms with Crippen LogP contribution in [0.1, 0.15) is 31.7 Å². The number of methoxy groups -OCH3 is 1. The predicted molar refractivity (Wildman–Crippen MR) is 106 cm³/mol. The standard InChI is InChI=1S/C22H27N2O3/c1-3-27-20-13-9-18(10-14-20)23-16-22(25,24-15-5-4-6-21(23)24)17-7-11-19(26-2)12-8-17/h7-14,25H,3-6,15-16H2,1-2H3/q+1. The molecule has 4 rings (SSSR count). The zero-order valence-corrected chi connectivity index (χ0v) is 16.0. The van der Waals surface area contributed by atoms with Crippen LogP contribution in [0.5, 0.6) is 11.5 Å². The highest BCUT2D eigenvalue weighted by atomic mass is 16.5. The molecule has 1 unspecified atom stereocenters. The van der Waals surface area contributed by atoms with Crippen LogP contribution in [-0.4, -0.2) is 42.3 Å². The first kappa shape index (κ1) is 17.9. The van der Waals surface area contributed by atoms with E-state index in [1.807, 2.05) is 43.3 Å². The van der Waals surface area contributed by atoms with E-state index < -0.39 is 5.72 Å². The Balaban J connectivity index is 1.70. The normalized spacial score (nSPS) is 22.0. The zero-order chi connectivity index (χ0) is 18.9. The first-order valence-electron chi connectivity index (χ1n) is 9.66. The Morgan fingerprint density at radius 3 is 2.41 bits per heavy atom. The molecule has 0 radical (unpaired) electrons. The Bertz CT molecular complexity index is 830. The van der Waals surface area contributed by atoms with Gasteiger partial charge in [0.1, 0.15) is 17.2 Å². The van der Waals surface area contributed by atoms with Gasteiger partial charge < -0.3 is 14.6 Å². The fourth-order valence-electron chi connectivity index (χ4n) is 4.13. The average molecular weight is 367 g/mol. The molecule has 0 spiro atoms. The molecule has 5 heteroatoms. The van der Waals surface area contributed by atoms with Crippen molar-refractivity contribution in [2.45, 2.75) is 31.9 Å². The number of amidine groups is 1. The summed E-state index contributed by atoms with van der Waals surface area (Å²) in [5, 5.41) is 11.7. The van der Waals surface area contributed by atoms with Gasteiger partial charge in [-0.15, -0.1) is 0 Å². The number of anilines is 1. The maximum atomic E-state index is 11.7. The SMILES string of the molecule is CCOc1ccc(N2CC(O)(c3ccc(OC)cc3)[N+]3=C2CCCC3)cc1. The molecule has 0 aliphatic carbocycles. The third kappa shape index (κ3) is 3.16. The molecule has 2 aromatic rings. The van der Waals surface area contributed by atoms with Gasteiger partial charge in [0.2, 0.25) is 0 Å². The van der Waals surface area contributed by atoms with Crippen LogP contribution >= 0.6 is 0 Å². The average Bonchev–Trinajstić information content (AvgIpc) is 3.03. The summed E-state index contributed by atoms with van der Waals surface area (Å²) in [5.41, 5.74) is 0.960. The number of benzene rings is 2. The molecule has 0 aromatic heterocycles. The lowest BCUT2D eigenvalue weighted by molar-refractivity contribution is -0.661. The van der Waals surface area contributed by atoms with Gasteiger partial charge >= 0.3 is 0 Å². The first-order chi connectivity index (χ1) is 13.2. The minimum Gasteiger partial charge on any atom is -0.497 e. The van der Waals surface area contributed by atoms with E-state index in [0.717, 1.165) is 48.6 Å². The van der Waals surface area contributed by atoms with Crippen LogP contribution in [0.3, 0.4) is 0 Å². The molecule has 142 valence electrons. The Labute approximate surface area is 160 Å². The van der Waals surface area contributed by atoms with Crippen LogP contribution in [-0.2, 0) is 5.72 Å². The van der Waals surface area contributed by atoms with Gasteiger partial charge in [-0.2, -0.15) is 0 Å². The van der Waals surface area contributed by atoms with Gasteiger partial charge in [0.15, 0.2) is 6.54 Å². The van der Waals surface area contributed by atoms with Crippen LogP contribution in [0, 0.1) is 0 Å². The van der Waals surface area contributed by atoms with Crippen LogP contribution in [0.2, 0.25) is 0 Å². The van der Waals surface area contributed by atoms with E-state index in [1.165, 1.54) is 5.84 Å². The highest BCUT2D eigenvalue weighted by molar-refractivity contribution is 5.96. The van der Waals surface area contributed by atoms with Gasteiger partial charge in [0.25, 0.3) is 11.6 Å². The molecule has 1 atom stereocenters. The molecule has 2 aliphatic rings. The molecule has 2 aromatic carbocycles. The van der Waals surface area contributed by atoms with Crippen molar-refractivity contribution in [2.24, 2.45) is 0 Å². The summed E-state index contributed by atoms with van der Waals surface area (Å²) >= 11 is 0. The maximum absolute atomic E-state index is 11.7. The van der Waals surface area contributed by atoms with Gasteiger partial charge in [-0.25, -0.2) is 9.48 Å². The number of aliphatic hydroxyl groups is 1. The second kappa shape index (κ2) is 7.24. The second-order valence-corrected chi connectivity index (χ2v) is 7.08. The molecule has 2 heterocycles. The van der Waals surface area contributed by atoms with Crippen molar-refractivity contribution >= 4 is 11.5 Å². The van der Waals surface area contributed by atoms with Crippen molar-refractivity contribution in [3.8, 4) is 11.5 Å². The monoisotopic (exact) mass is 367 g/mol. The van der Waals surface area contributed by atoms with E-state index in [0.29, 0.717) is 13.2 Å². The lowest BCUT2D eigenvalue weighted by Crippen LogP contribution is -2.41. The summed E-state index contributed by atoms with van der Waals surface area (Å²) < 4.78 is 13.0. The molecular formula is C22H27N2O3+. The molecule has 2 aliphatic heterocycles. The number of hydrogen-bond donors (Lipinski definition) is 1. The highest BCUT2D eigenvalue weighted by Crippen LogP contribution is 2.36. The molecule has 27 heavy (non-hydrogen) atoms. The lowest BCUT2D eigenvalue weighted by atomic mass is 10.0. The minimum atomic E-state index is -1.03. The topological polar surface area (TPSA) is 44.9 Å². The summed E-state index contributed by atoms with van der Waals surface area (Å²) in [6.07, 6.45) is 3.23. The Hall–Kier alpha value is -2.53. The van der Waals surface area contributed by atoms with Gasteiger partial charge in [0, 0.05) is 12.0 Å². The molecular weight excluding hydrogens is 340 g/mol. The fourth-order valence-corrected chi connectivity index (χ4v) is 4.13. The quantitative estimate of drug-likeness (QED) is 0.823. The molecule has 1 N–H and O–H groups in total. The van der Waals surface area contributed by atoms with E-state index in [9.17, 15) is 5.11 Å². The number of rotatable bonds is 5. The Morgan fingerprint density at radius 1 is 1.04 bits per heavy atom. The molecule has 0 bridgehead atoms. The summed E-state index contributed by atoms with van der Waals surface area (Å²) in [4.78, 5) is 2.25. The van der Waals surface area contributed by atoms with Crippen molar-refractivity contribution in [1.29, 1.82) is 0 Å². The van der Waals surface area contributed by atoms with E-state index in [-0.39, 0.29) is 0 Å². The number of ether oxygens (including phenoxy) is 2. The van der Waals surface area contributed by atoms with Crippen molar-refractivity contribution in [3.05, 3.63) is 54.1 Å². The lowest BCUT2D eigenvalue weighted by Gasteiger charge is -2.24. The first-order valence-corrected chi connectivity index (χ1v) is 9.66. The van der Waals surface area contributed by atoms with Crippen molar-refractivity contribution in [1.82, 2.24) is 0 Å². The van der Waals surface area contributed by atoms with Gasteiger partial charge in [-0.1, -0.05) is 0 Å². The van der Waals surface area contributed by atoms with Gasteiger partial charge in [-0.05, 0) is 68.3 Å².